The minimum absolute atomic E-state index is 0.101. The largest absolute Gasteiger partial charge is 0.336 e. The van der Waals surface area contributed by atoms with Gasteiger partial charge in [-0.3, -0.25) is 9.69 Å². The maximum atomic E-state index is 12.5. The number of rotatable bonds is 3. The summed E-state index contributed by atoms with van der Waals surface area (Å²) in [4.78, 5) is 16.9. The Balaban J connectivity index is 1.49. The lowest BCUT2D eigenvalue weighted by Crippen LogP contribution is -2.50. The van der Waals surface area contributed by atoms with Crippen LogP contribution in [0.3, 0.4) is 0 Å². The Morgan fingerprint density at radius 3 is 2.59 bits per heavy atom. The number of nitrogens with zero attached hydrogens (tertiary/aromatic N) is 2. The van der Waals surface area contributed by atoms with E-state index in [0.29, 0.717) is 10.6 Å². The van der Waals surface area contributed by atoms with Gasteiger partial charge < -0.3 is 10.2 Å². The highest BCUT2D eigenvalue weighted by Crippen LogP contribution is 2.17. The zero-order valence-corrected chi connectivity index (χ0v) is 13.7. The lowest BCUT2D eigenvalue weighted by molar-refractivity contribution is 0.0608. The van der Waals surface area contributed by atoms with E-state index in [1.165, 1.54) is 19.4 Å². The van der Waals surface area contributed by atoms with E-state index in [0.717, 1.165) is 45.2 Å². The number of halogens is 1. The van der Waals surface area contributed by atoms with Gasteiger partial charge in [-0.2, -0.15) is 0 Å². The van der Waals surface area contributed by atoms with Crippen molar-refractivity contribution in [2.45, 2.75) is 12.8 Å². The Morgan fingerprint density at radius 1 is 1.18 bits per heavy atom. The quantitative estimate of drug-likeness (QED) is 0.926. The Labute approximate surface area is 137 Å². The highest BCUT2D eigenvalue weighted by atomic mass is 35.5. The fraction of sp³-hybridized carbons (Fsp3) is 0.588. The fourth-order valence-corrected chi connectivity index (χ4v) is 3.56. The van der Waals surface area contributed by atoms with Crippen LogP contribution < -0.4 is 5.32 Å². The minimum atomic E-state index is 0.101. The normalized spacial score (nSPS) is 21.0. The monoisotopic (exact) mass is 321 g/mol. The van der Waals surface area contributed by atoms with Crippen LogP contribution in [0.1, 0.15) is 23.2 Å². The van der Waals surface area contributed by atoms with Crippen LogP contribution in [-0.2, 0) is 0 Å². The summed E-state index contributed by atoms with van der Waals surface area (Å²) in [5.74, 6) is 0.917. The van der Waals surface area contributed by atoms with Crippen LogP contribution in [0.15, 0.2) is 24.3 Å². The van der Waals surface area contributed by atoms with Crippen molar-refractivity contribution >= 4 is 17.5 Å². The first-order valence-corrected chi connectivity index (χ1v) is 8.58. The van der Waals surface area contributed by atoms with Crippen LogP contribution in [0.5, 0.6) is 0 Å². The summed E-state index contributed by atoms with van der Waals surface area (Å²) >= 11 is 5.98. The molecule has 0 spiro atoms. The van der Waals surface area contributed by atoms with Crippen LogP contribution in [0.25, 0.3) is 0 Å². The maximum absolute atomic E-state index is 12.5. The molecule has 2 fully saturated rings. The van der Waals surface area contributed by atoms with Crippen molar-refractivity contribution in [2.75, 3.05) is 45.8 Å². The molecule has 5 heteroatoms. The molecule has 2 aliphatic heterocycles. The van der Waals surface area contributed by atoms with Crippen molar-refractivity contribution in [3.8, 4) is 0 Å². The number of hydrogen-bond acceptors (Lipinski definition) is 3. The van der Waals surface area contributed by atoms with E-state index in [2.05, 4.69) is 10.2 Å². The molecule has 1 amide bonds. The second-order valence-corrected chi connectivity index (χ2v) is 6.73. The molecule has 2 saturated heterocycles. The number of carbonyl (C=O) groups excluding carboxylic acids is 1. The molecular weight excluding hydrogens is 298 g/mol. The molecule has 1 aromatic rings. The molecule has 3 rings (SSSR count). The molecule has 2 heterocycles. The van der Waals surface area contributed by atoms with Crippen LogP contribution >= 0.6 is 11.6 Å². The first-order valence-electron chi connectivity index (χ1n) is 8.20. The molecule has 0 radical (unpaired) electrons. The maximum Gasteiger partial charge on any atom is 0.253 e. The molecule has 0 unspecified atom stereocenters. The third-order valence-corrected chi connectivity index (χ3v) is 4.94. The number of piperazine rings is 1. The molecule has 0 bridgehead atoms. The van der Waals surface area contributed by atoms with Crippen molar-refractivity contribution in [1.29, 1.82) is 0 Å². The lowest BCUT2D eigenvalue weighted by Gasteiger charge is -2.37. The number of benzene rings is 1. The third kappa shape index (κ3) is 4.00. The number of carbonyl (C=O) groups is 1. The van der Waals surface area contributed by atoms with Gasteiger partial charge in [-0.05, 0) is 50.0 Å². The summed E-state index contributed by atoms with van der Waals surface area (Å²) in [5, 5.41) is 4.04. The second kappa shape index (κ2) is 7.44. The Morgan fingerprint density at radius 2 is 1.91 bits per heavy atom. The number of nitrogens with one attached hydrogen (secondary N) is 1. The molecule has 0 saturated carbocycles. The Bertz CT molecular complexity index is 508. The SMILES string of the molecule is O=C(c1cccc(Cl)c1)N1CCN(CC2CCNCC2)CC1. The van der Waals surface area contributed by atoms with Gasteiger partial charge in [-0.1, -0.05) is 17.7 Å². The van der Waals surface area contributed by atoms with Gasteiger partial charge in [-0.25, -0.2) is 0 Å². The number of piperidine rings is 1. The van der Waals surface area contributed by atoms with Gasteiger partial charge in [0.15, 0.2) is 0 Å². The molecule has 4 nitrogen and oxygen atoms in total. The average molecular weight is 322 g/mol. The van der Waals surface area contributed by atoms with E-state index in [1.807, 2.05) is 17.0 Å². The molecular formula is C17H24ClN3O. The average Bonchev–Trinajstić information content (AvgIpc) is 2.56. The van der Waals surface area contributed by atoms with Crippen LogP contribution in [0.2, 0.25) is 5.02 Å². The molecule has 1 N–H and O–H groups in total. The Hall–Kier alpha value is -1.10. The topological polar surface area (TPSA) is 35.6 Å². The smallest absolute Gasteiger partial charge is 0.253 e. The van der Waals surface area contributed by atoms with Crippen LogP contribution in [0, 0.1) is 5.92 Å². The molecule has 22 heavy (non-hydrogen) atoms. The molecule has 2 aliphatic rings. The van der Waals surface area contributed by atoms with Gasteiger partial charge in [0.1, 0.15) is 0 Å². The zero-order valence-electron chi connectivity index (χ0n) is 12.9. The third-order valence-electron chi connectivity index (χ3n) is 4.71. The van der Waals surface area contributed by atoms with Crippen LogP contribution in [-0.4, -0.2) is 61.5 Å². The van der Waals surface area contributed by atoms with E-state index >= 15 is 0 Å². The van der Waals surface area contributed by atoms with E-state index < -0.39 is 0 Å². The summed E-state index contributed by atoms with van der Waals surface area (Å²) < 4.78 is 0. The summed E-state index contributed by atoms with van der Waals surface area (Å²) in [7, 11) is 0. The predicted molar refractivity (Wildman–Crippen MR) is 89.4 cm³/mol. The predicted octanol–water partition coefficient (Wildman–Crippen LogP) is 2.10. The second-order valence-electron chi connectivity index (χ2n) is 6.30. The summed E-state index contributed by atoms with van der Waals surface area (Å²) in [6.07, 6.45) is 2.56. The van der Waals surface area contributed by atoms with Gasteiger partial charge in [0.25, 0.3) is 5.91 Å². The standard InChI is InChI=1S/C17H24ClN3O/c18-16-3-1-2-15(12-16)17(22)21-10-8-20(9-11-21)13-14-4-6-19-7-5-14/h1-3,12,14,19H,4-11,13H2. The zero-order chi connectivity index (χ0) is 15.4. The molecule has 0 aliphatic carbocycles. The van der Waals surface area contributed by atoms with Gasteiger partial charge in [-0.15, -0.1) is 0 Å². The molecule has 1 aromatic carbocycles. The summed E-state index contributed by atoms with van der Waals surface area (Å²) in [6, 6.07) is 7.24. The first-order chi connectivity index (χ1) is 10.7. The van der Waals surface area contributed by atoms with Crippen molar-refractivity contribution < 1.29 is 4.79 Å². The van der Waals surface area contributed by atoms with Gasteiger partial charge in [0.05, 0.1) is 0 Å². The van der Waals surface area contributed by atoms with Gasteiger partial charge in [0.2, 0.25) is 0 Å². The van der Waals surface area contributed by atoms with E-state index in [9.17, 15) is 4.79 Å². The summed E-state index contributed by atoms with van der Waals surface area (Å²) in [6.45, 7) is 7.08. The van der Waals surface area contributed by atoms with Crippen molar-refractivity contribution in [1.82, 2.24) is 15.1 Å². The number of hydrogen-bond donors (Lipinski definition) is 1. The van der Waals surface area contributed by atoms with Crippen molar-refractivity contribution in [3.63, 3.8) is 0 Å². The molecule has 0 aromatic heterocycles. The van der Waals surface area contributed by atoms with E-state index in [-0.39, 0.29) is 5.91 Å². The lowest BCUT2D eigenvalue weighted by atomic mass is 9.97. The molecule has 120 valence electrons. The number of amides is 1. The highest BCUT2D eigenvalue weighted by molar-refractivity contribution is 6.30. The summed E-state index contributed by atoms with van der Waals surface area (Å²) in [5.41, 5.74) is 0.694. The van der Waals surface area contributed by atoms with E-state index in [4.69, 9.17) is 11.6 Å². The van der Waals surface area contributed by atoms with E-state index in [1.54, 1.807) is 12.1 Å². The van der Waals surface area contributed by atoms with Gasteiger partial charge in [0, 0.05) is 43.3 Å². The van der Waals surface area contributed by atoms with Gasteiger partial charge >= 0.3 is 0 Å². The first kappa shape index (κ1) is 15.8. The van der Waals surface area contributed by atoms with Crippen molar-refractivity contribution in [2.24, 2.45) is 5.92 Å². The fourth-order valence-electron chi connectivity index (χ4n) is 3.37. The Kier molecular flexibility index (Phi) is 5.34. The highest BCUT2D eigenvalue weighted by Gasteiger charge is 2.24. The van der Waals surface area contributed by atoms with Crippen molar-refractivity contribution in [3.05, 3.63) is 34.9 Å². The van der Waals surface area contributed by atoms with Crippen LogP contribution in [0.4, 0.5) is 0 Å². The minimum Gasteiger partial charge on any atom is -0.336 e. The molecule has 0 atom stereocenters.